The molecule has 0 aromatic heterocycles. The topological polar surface area (TPSA) is 72.3 Å². The van der Waals surface area contributed by atoms with Crippen molar-refractivity contribution in [3.63, 3.8) is 0 Å². The number of nitrogens with two attached hydrogens (primary N) is 2. The molecule has 0 radical (unpaired) electrons. The Morgan fingerprint density at radius 3 is 1.93 bits per heavy atom. The van der Waals surface area contributed by atoms with Gasteiger partial charge in [0.15, 0.2) is 0 Å². The molecule has 0 amide bonds. The van der Waals surface area contributed by atoms with Crippen LogP contribution in [0.1, 0.15) is 17.2 Å². The van der Waals surface area contributed by atoms with Crippen molar-refractivity contribution in [2.75, 3.05) is 6.54 Å². The number of hydrogen-bond donors (Lipinski definition) is 3. The average Bonchev–Trinajstić information content (AvgIpc) is 2.17. The van der Waals surface area contributed by atoms with E-state index in [-0.39, 0.29) is 31.4 Å². The summed E-state index contributed by atoms with van der Waals surface area (Å²) in [6.45, 7) is 0.779. The molecular weight excluding hydrogens is 223 g/mol. The van der Waals surface area contributed by atoms with Crippen molar-refractivity contribution in [3.8, 4) is 0 Å². The molecule has 1 aromatic rings. The summed E-state index contributed by atoms with van der Waals surface area (Å²) >= 11 is 0. The molecule has 1 aromatic carbocycles. The summed E-state index contributed by atoms with van der Waals surface area (Å²) in [4.78, 5) is 0. The quantitative estimate of drug-likeness (QED) is 0.736. The fourth-order valence-corrected chi connectivity index (χ4v) is 1.01. The van der Waals surface area contributed by atoms with E-state index in [0.717, 1.165) is 11.1 Å². The molecule has 0 spiro atoms. The van der Waals surface area contributed by atoms with Gasteiger partial charge in [-0.3, -0.25) is 0 Å². The van der Waals surface area contributed by atoms with Gasteiger partial charge in [0.05, 0.1) is 6.10 Å². The van der Waals surface area contributed by atoms with E-state index in [2.05, 4.69) is 0 Å². The zero-order valence-electron chi connectivity index (χ0n) is 7.72. The minimum Gasteiger partial charge on any atom is -0.387 e. The highest BCUT2D eigenvalue weighted by molar-refractivity contribution is 5.85. The zero-order chi connectivity index (χ0) is 8.97. The maximum Gasteiger partial charge on any atom is 0.0912 e. The fourth-order valence-electron chi connectivity index (χ4n) is 1.01. The van der Waals surface area contributed by atoms with Crippen molar-refractivity contribution in [1.29, 1.82) is 0 Å². The normalized spacial score (nSPS) is 11.1. The minimum absolute atomic E-state index is 0. The van der Waals surface area contributed by atoms with E-state index in [9.17, 15) is 5.11 Å². The second kappa shape index (κ2) is 8.03. The van der Waals surface area contributed by atoms with Crippen LogP contribution < -0.4 is 11.5 Å². The summed E-state index contributed by atoms with van der Waals surface area (Å²) in [5, 5.41) is 9.34. The molecule has 1 atom stereocenters. The summed E-state index contributed by atoms with van der Waals surface area (Å²) < 4.78 is 0. The summed E-state index contributed by atoms with van der Waals surface area (Å²) in [6, 6.07) is 7.49. The van der Waals surface area contributed by atoms with Crippen molar-refractivity contribution >= 4 is 24.8 Å². The van der Waals surface area contributed by atoms with Crippen LogP contribution in [0.3, 0.4) is 0 Å². The molecule has 0 heterocycles. The Morgan fingerprint density at radius 1 is 1.07 bits per heavy atom. The lowest BCUT2D eigenvalue weighted by atomic mass is 10.1. The third kappa shape index (κ3) is 4.26. The third-order valence-corrected chi connectivity index (χ3v) is 1.82. The molecule has 0 aliphatic carbocycles. The second-order valence-corrected chi connectivity index (χ2v) is 2.70. The predicted molar refractivity (Wildman–Crippen MR) is 62.8 cm³/mol. The van der Waals surface area contributed by atoms with Crippen molar-refractivity contribution in [3.05, 3.63) is 35.4 Å². The number of aliphatic hydroxyl groups excluding tert-OH is 1. The maximum absolute atomic E-state index is 9.34. The Morgan fingerprint density at radius 2 is 1.57 bits per heavy atom. The van der Waals surface area contributed by atoms with Crippen LogP contribution in [0.2, 0.25) is 0 Å². The number of rotatable bonds is 3. The van der Waals surface area contributed by atoms with Crippen LogP contribution in [0.4, 0.5) is 0 Å². The molecular formula is C9H16Cl2N2O. The van der Waals surface area contributed by atoms with Crippen molar-refractivity contribution < 1.29 is 5.11 Å². The minimum atomic E-state index is -0.558. The smallest absolute Gasteiger partial charge is 0.0912 e. The summed E-state index contributed by atoms with van der Waals surface area (Å²) in [6.07, 6.45) is -0.558. The lowest BCUT2D eigenvalue weighted by Gasteiger charge is -2.07. The van der Waals surface area contributed by atoms with Crippen LogP contribution in [0.5, 0.6) is 0 Å². The third-order valence-electron chi connectivity index (χ3n) is 1.82. The summed E-state index contributed by atoms with van der Waals surface area (Å²) in [7, 11) is 0. The van der Waals surface area contributed by atoms with Gasteiger partial charge in [0.2, 0.25) is 0 Å². The molecule has 0 fully saturated rings. The molecule has 1 unspecified atom stereocenters. The van der Waals surface area contributed by atoms with Crippen LogP contribution in [0, 0.1) is 0 Å². The molecule has 14 heavy (non-hydrogen) atoms. The van der Waals surface area contributed by atoms with Crippen LogP contribution in [-0.2, 0) is 6.54 Å². The Labute approximate surface area is 96.3 Å². The highest BCUT2D eigenvalue weighted by Gasteiger charge is 2.03. The molecule has 0 aliphatic heterocycles. The maximum atomic E-state index is 9.34. The number of hydrogen-bond acceptors (Lipinski definition) is 3. The highest BCUT2D eigenvalue weighted by atomic mass is 35.5. The van der Waals surface area contributed by atoms with Crippen molar-refractivity contribution in [2.24, 2.45) is 11.5 Å². The van der Waals surface area contributed by atoms with Gasteiger partial charge in [0, 0.05) is 13.1 Å². The molecule has 5 N–H and O–H groups in total. The first kappa shape index (κ1) is 16.1. The van der Waals surface area contributed by atoms with E-state index < -0.39 is 6.10 Å². The van der Waals surface area contributed by atoms with Gasteiger partial charge in [-0.05, 0) is 11.1 Å². The van der Waals surface area contributed by atoms with Gasteiger partial charge < -0.3 is 16.6 Å². The standard InChI is InChI=1S/C9H14N2O.2ClH/c10-5-7-1-3-8(4-2-7)9(12)6-11;;/h1-4,9,12H,5-6,10-11H2;2*1H. The zero-order valence-corrected chi connectivity index (χ0v) is 9.35. The van der Waals surface area contributed by atoms with Gasteiger partial charge in [-0.1, -0.05) is 24.3 Å². The van der Waals surface area contributed by atoms with Gasteiger partial charge >= 0.3 is 0 Å². The molecule has 5 heteroatoms. The first-order chi connectivity index (χ1) is 5.77. The number of halogens is 2. The number of benzene rings is 1. The lowest BCUT2D eigenvalue weighted by molar-refractivity contribution is 0.186. The summed E-state index contributed by atoms with van der Waals surface area (Å²) in [5.41, 5.74) is 12.6. The Hall–Kier alpha value is -0.320. The molecule has 0 saturated heterocycles. The lowest BCUT2D eigenvalue weighted by Crippen LogP contribution is -2.11. The average molecular weight is 239 g/mol. The first-order valence-electron chi connectivity index (χ1n) is 3.95. The summed E-state index contributed by atoms with van der Waals surface area (Å²) in [5.74, 6) is 0. The molecule has 0 aliphatic rings. The van der Waals surface area contributed by atoms with Gasteiger partial charge in [-0.2, -0.15) is 0 Å². The molecule has 1 rings (SSSR count). The fraction of sp³-hybridized carbons (Fsp3) is 0.333. The van der Waals surface area contributed by atoms with Gasteiger partial charge in [0.25, 0.3) is 0 Å². The second-order valence-electron chi connectivity index (χ2n) is 2.70. The number of aliphatic hydroxyl groups is 1. The SMILES string of the molecule is Cl.Cl.NCc1ccc(C(O)CN)cc1. The van der Waals surface area contributed by atoms with E-state index in [1.807, 2.05) is 24.3 Å². The molecule has 0 bridgehead atoms. The molecule has 3 nitrogen and oxygen atoms in total. The Bertz CT molecular complexity index is 241. The van der Waals surface area contributed by atoms with Gasteiger partial charge in [-0.25, -0.2) is 0 Å². The van der Waals surface area contributed by atoms with E-state index in [1.54, 1.807) is 0 Å². The van der Waals surface area contributed by atoms with Crippen LogP contribution in [0.15, 0.2) is 24.3 Å². The van der Waals surface area contributed by atoms with E-state index in [4.69, 9.17) is 11.5 Å². The van der Waals surface area contributed by atoms with Gasteiger partial charge in [-0.15, -0.1) is 24.8 Å². The molecule has 0 saturated carbocycles. The first-order valence-corrected chi connectivity index (χ1v) is 3.95. The van der Waals surface area contributed by atoms with Crippen LogP contribution in [0.25, 0.3) is 0 Å². The van der Waals surface area contributed by atoms with Crippen LogP contribution >= 0.6 is 24.8 Å². The Balaban J connectivity index is 0. The largest absolute Gasteiger partial charge is 0.387 e. The Kier molecular flexibility index (Phi) is 9.24. The molecule has 82 valence electrons. The van der Waals surface area contributed by atoms with Crippen molar-refractivity contribution in [1.82, 2.24) is 0 Å². The van der Waals surface area contributed by atoms with Gasteiger partial charge in [0.1, 0.15) is 0 Å². The monoisotopic (exact) mass is 238 g/mol. The van der Waals surface area contributed by atoms with Crippen LogP contribution in [-0.4, -0.2) is 11.7 Å². The predicted octanol–water partition coefficient (Wildman–Crippen LogP) is 0.981. The highest BCUT2D eigenvalue weighted by Crippen LogP contribution is 2.11. The van der Waals surface area contributed by atoms with E-state index in [0.29, 0.717) is 6.54 Å². The van der Waals surface area contributed by atoms with E-state index >= 15 is 0 Å². The van der Waals surface area contributed by atoms with Crippen molar-refractivity contribution in [2.45, 2.75) is 12.6 Å². The van der Waals surface area contributed by atoms with E-state index in [1.165, 1.54) is 0 Å².